The van der Waals surface area contributed by atoms with E-state index >= 15 is 0 Å². The first-order valence-electron chi connectivity index (χ1n) is 11.1. The Bertz CT molecular complexity index is 837. The highest BCUT2D eigenvalue weighted by Crippen LogP contribution is 2.11. The standard InChI is InChI=1S/C25H35N3O3S.ClH/c1-19(27-24(30)23(26)18-21-11-13-22(29)14-12-21)25(31)28(16-7-17-32-2)15-6-10-20-8-4-3-5-9-20;/h3-5,8-9,11-14,19,23,29H,6-7,10,15-18,26H2,1-2H3,(H,27,30);1H/t19-,23+;/m1./s1. The van der Waals surface area contributed by atoms with Crippen LogP contribution in [0.2, 0.25) is 0 Å². The summed E-state index contributed by atoms with van der Waals surface area (Å²) in [5, 5.41) is 12.2. The Kier molecular flexibility index (Phi) is 13.6. The molecule has 2 atom stereocenters. The van der Waals surface area contributed by atoms with Crippen molar-refractivity contribution in [2.24, 2.45) is 5.73 Å². The summed E-state index contributed by atoms with van der Waals surface area (Å²) >= 11 is 1.76. The number of amides is 2. The lowest BCUT2D eigenvalue weighted by atomic mass is 10.1. The Hall–Kier alpha value is -2.22. The fraction of sp³-hybridized carbons (Fsp3) is 0.440. The second-order valence-corrected chi connectivity index (χ2v) is 8.95. The molecular weight excluding hydrogens is 458 g/mol. The quantitative estimate of drug-likeness (QED) is 0.372. The number of carbonyl (C=O) groups is 2. The molecule has 2 aromatic carbocycles. The maximum Gasteiger partial charge on any atom is 0.244 e. The highest BCUT2D eigenvalue weighted by atomic mass is 35.5. The molecule has 0 unspecified atom stereocenters. The van der Waals surface area contributed by atoms with Gasteiger partial charge in [-0.25, -0.2) is 0 Å². The van der Waals surface area contributed by atoms with Crippen molar-refractivity contribution in [3.63, 3.8) is 0 Å². The number of carbonyl (C=O) groups excluding carboxylic acids is 2. The summed E-state index contributed by atoms with van der Waals surface area (Å²) in [5.74, 6) is 0.720. The third-order valence-electron chi connectivity index (χ3n) is 5.28. The van der Waals surface area contributed by atoms with Gasteiger partial charge in [-0.15, -0.1) is 12.4 Å². The molecule has 0 fully saturated rings. The smallest absolute Gasteiger partial charge is 0.244 e. The maximum absolute atomic E-state index is 13.1. The summed E-state index contributed by atoms with van der Waals surface area (Å²) < 4.78 is 0. The summed E-state index contributed by atoms with van der Waals surface area (Å²) in [6, 6.07) is 15.4. The largest absolute Gasteiger partial charge is 0.508 e. The van der Waals surface area contributed by atoms with Crippen molar-refractivity contribution in [1.82, 2.24) is 10.2 Å². The fourth-order valence-electron chi connectivity index (χ4n) is 3.49. The topological polar surface area (TPSA) is 95.7 Å². The number of aromatic hydroxyl groups is 1. The van der Waals surface area contributed by atoms with E-state index in [-0.39, 0.29) is 30.0 Å². The molecule has 0 spiro atoms. The van der Waals surface area contributed by atoms with E-state index in [1.807, 2.05) is 23.1 Å². The van der Waals surface area contributed by atoms with Crippen LogP contribution in [-0.2, 0) is 22.4 Å². The number of hydrogen-bond donors (Lipinski definition) is 3. The summed E-state index contributed by atoms with van der Waals surface area (Å²) in [5.41, 5.74) is 8.16. The van der Waals surface area contributed by atoms with Gasteiger partial charge >= 0.3 is 0 Å². The van der Waals surface area contributed by atoms with Crippen LogP contribution in [0.25, 0.3) is 0 Å². The molecule has 0 aromatic heterocycles. The predicted octanol–water partition coefficient (Wildman–Crippen LogP) is 3.40. The van der Waals surface area contributed by atoms with Crippen LogP contribution in [0.4, 0.5) is 0 Å². The summed E-state index contributed by atoms with van der Waals surface area (Å²) in [6.45, 7) is 3.04. The Morgan fingerprint density at radius 3 is 2.30 bits per heavy atom. The first kappa shape index (κ1) is 28.8. The second-order valence-electron chi connectivity index (χ2n) is 7.97. The van der Waals surface area contributed by atoms with E-state index in [0.29, 0.717) is 19.5 Å². The highest BCUT2D eigenvalue weighted by molar-refractivity contribution is 7.98. The Balaban J connectivity index is 0.00000544. The highest BCUT2D eigenvalue weighted by Gasteiger charge is 2.24. The monoisotopic (exact) mass is 493 g/mol. The van der Waals surface area contributed by atoms with Crippen LogP contribution in [0.3, 0.4) is 0 Å². The van der Waals surface area contributed by atoms with E-state index in [1.54, 1.807) is 43.0 Å². The van der Waals surface area contributed by atoms with Gasteiger partial charge in [0, 0.05) is 13.1 Å². The van der Waals surface area contributed by atoms with Crippen LogP contribution in [0.15, 0.2) is 54.6 Å². The number of nitrogens with one attached hydrogen (secondary N) is 1. The minimum Gasteiger partial charge on any atom is -0.508 e. The predicted molar refractivity (Wildman–Crippen MR) is 139 cm³/mol. The molecule has 6 nitrogen and oxygen atoms in total. The third kappa shape index (κ3) is 10.5. The normalized spacial score (nSPS) is 12.3. The second kappa shape index (κ2) is 15.6. The number of hydrogen-bond acceptors (Lipinski definition) is 5. The molecule has 0 aliphatic heterocycles. The molecule has 2 rings (SSSR count). The van der Waals surface area contributed by atoms with Crippen molar-refractivity contribution in [2.45, 2.75) is 44.7 Å². The molecule has 33 heavy (non-hydrogen) atoms. The van der Waals surface area contributed by atoms with E-state index in [2.05, 4.69) is 23.7 Å². The molecule has 2 amide bonds. The van der Waals surface area contributed by atoms with Crippen LogP contribution < -0.4 is 11.1 Å². The van der Waals surface area contributed by atoms with Crippen LogP contribution in [0.1, 0.15) is 30.9 Å². The van der Waals surface area contributed by atoms with Crippen LogP contribution >= 0.6 is 24.2 Å². The van der Waals surface area contributed by atoms with Crippen molar-refractivity contribution < 1.29 is 14.7 Å². The first-order chi connectivity index (χ1) is 15.4. The van der Waals surface area contributed by atoms with Crippen molar-refractivity contribution in [3.05, 3.63) is 65.7 Å². The van der Waals surface area contributed by atoms with Gasteiger partial charge in [-0.3, -0.25) is 9.59 Å². The van der Waals surface area contributed by atoms with Gasteiger partial charge in [0.25, 0.3) is 0 Å². The van der Waals surface area contributed by atoms with E-state index in [1.165, 1.54) is 5.56 Å². The molecule has 182 valence electrons. The number of phenols is 1. The number of rotatable bonds is 13. The Labute approximate surface area is 207 Å². The summed E-state index contributed by atoms with van der Waals surface area (Å²) in [4.78, 5) is 27.5. The van der Waals surface area contributed by atoms with Crippen molar-refractivity contribution in [2.75, 3.05) is 25.1 Å². The lowest BCUT2D eigenvalue weighted by molar-refractivity contribution is -0.136. The number of nitrogens with zero attached hydrogens (tertiary/aromatic N) is 1. The van der Waals surface area contributed by atoms with E-state index in [0.717, 1.165) is 30.6 Å². The average molecular weight is 494 g/mol. The van der Waals surface area contributed by atoms with Gasteiger partial charge in [-0.2, -0.15) is 11.8 Å². The molecule has 0 aliphatic carbocycles. The lowest BCUT2D eigenvalue weighted by Gasteiger charge is -2.27. The van der Waals surface area contributed by atoms with Gasteiger partial charge in [-0.1, -0.05) is 42.5 Å². The van der Waals surface area contributed by atoms with Gasteiger partial charge in [0.1, 0.15) is 11.8 Å². The van der Waals surface area contributed by atoms with Crippen molar-refractivity contribution in [3.8, 4) is 5.75 Å². The molecule has 2 aromatic rings. The van der Waals surface area contributed by atoms with Gasteiger partial charge in [-0.05, 0) is 67.9 Å². The molecule has 0 heterocycles. The molecule has 4 N–H and O–H groups in total. The summed E-state index contributed by atoms with van der Waals surface area (Å²) in [6.07, 6.45) is 5.09. The SMILES string of the molecule is CSCCCN(CCCc1ccccc1)C(=O)[C@@H](C)NC(=O)[C@@H](N)Cc1ccc(O)cc1.Cl. The molecule has 0 radical (unpaired) electrons. The zero-order chi connectivity index (χ0) is 23.3. The van der Waals surface area contributed by atoms with Crippen LogP contribution in [0.5, 0.6) is 5.75 Å². The molecule has 0 saturated carbocycles. The van der Waals surface area contributed by atoms with E-state index in [9.17, 15) is 14.7 Å². The number of nitrogens with two attached hydrogens (primary N) is 1. The average Bonchev–Trinajstić information content (AvgIpc) is 2.79. The van der Waals surface area contributed by atoms with Crippen molar-refractivity contribution >= 4 is 36.0 Å². The minimum absolute atomic E-state index is 0. The van der Waals surface area contributed by atoms with Gasteiger partial charge < -0.3 is 21.1 Å². The van der Waals surface area contributed by atoms with Crippen LogP contribution in [0, 0.1) is 0 Å². The molecule has 8 heteroatoms. The van der Waals surface area contributed by atoms with Gasteiger partial charge in [0.2, 0.25) is 11.8 Å². The number of aryl methyl sites for hydroxylation is 1. The molecule has 0 saturated heterocycles. The molecule has 0 bridgehead atoms. The Morgan fingerprint density at radius 2 is 1.67 bits per heavy atom. The van der Waals surface area contributed by atoms with E-state index < -0.39 is 12.1 Å². The maximum atomic E-state index is 13.1. The van der Waals surface area contributed by atoms with Gasteiger partial charge in [0.05, 0.1) is 6.04 Å². The first-order valence-corrected chi connectivity index (χ1v) is 12.5. The molecular formula is C25H36ClN3O3S. The van der Waals surface area contributed by atoms with Crippen molar-refractivity contribution in [1.29, 1.82) is 0 Å². The number of benzene rings is 2. The van der Waals surface area contributed by atoms with Crippen LogP contribution in [-0.4, -0.2) is 59.0 Å². The van der Waals surface area contributed by atoms with Gasteiger partial charge in [0.15, 0.2) is 0 Å². The molecule has 0 aliphatic rings. The zero-order valence-corrected chi connectivity index (χ0v) is 21.0. The zero-order valence-electron chi connectivity index (χ0n) is 19.4. The van der Waals surface area contributed by atoms with E-state index in [4.69, 9.17) is 5.73 Å². The fourth-order valence-corrected chi connectivity index (χ4v) is 3.90. The number of halogens is 1. The summed E-state index contributed by atoms with van der Waals surface area (Å²) in [7, 11) is 0. The lowest BCUT2D eigenvalue weighted by Crippen LogP contribution is -2.52. The third-order valence-corrected chi connectivity index (χ3v) is 5.98. The number of thioether (sulfide) groups is 1. The minimum atomic E-state index is -0.766. The number of phenolic OH excluding ortho intramolecular Hbond substituents is 1. The Morgan fingerprint density at radius 1 is 1.03 bits per heavy atom.